The normalized spacial score (nSPS) is 19.4. The van der Waals surface area contributed by atoms with Crippen LogP contribution in [0.4, 0.5) is 0 Å². The number of hydrogen-bond donors (Lipinski definition) is 0. The first-order valence-electron chi connectivity index (χ1n) is 11.7. The van der Waals surface area contributed by atoms with Crippen molar-refractivity contribution in [2.45, 2.75) is 76.0 Å². The Bertz CT molecular complexity index is 952. The summed E-state index contributed by atoms with van der Waals surface area (Å²) < 4.78 is 13.4. The van der Waals surface area contributed by atoms with Crippen LogP contribution < -0.4 is 9.47 Å². The number of thioether (sulfide) groups is 1. The van der Waals surface area contributed by atoms with Gasteiger partial charge in [-0.05, 0) is 57.7 Å². The molecule has 1 aliphatic carbocycles. The maximum atomic E-state index is 13.3. The van der Waals surface area contributed by atoms with Gasteiger partial charge in [0.05, 0.1) is 31.7 Å². The van der Waals surface area contributed by atoms with Crippen LogP contribution in [0.2, 0.25) is 0 Å². The van der Waals surface area contributed by atoms with Crippen molar-refractivity contribution < 1.29 is 14.3 Å². The van der Waals surface area contributed by atoms with E-state index in [0.29, 0.717) is 11.8 Å². The molecule has 2 heterocycles. The number of imidazole rings is 1. The van der Waals surface area contributed by atoms with Crippen molar-refractivity contribution in [2.24, 2.45) is 0 Å². The van der Waals surface area contributed by atoms with Gasteiger partial charge in [-0.1, -0.05) is 31.0 Å². The van der Waals surface area contributed by atoms with Crippen LogP contribution in [0.5, 0.6) is 11.5 Å². The Labute approximate surface area is 195 Å². The second kappa shape index (κ2) is 10.2. The Morgan fingerprint density at radius 3 is 2.59 bits per heavy atom. The lowest BCUT2D eigenvalue weighted by atomic mass is 9.95. The lowest BCUT2D eigenvalue weighted by molar-refractivity contribution is -0.129. The highest BCUT2D eigenvalue weighted by molar-refractivity contribution is 7.99. The quantitative estimate of drug-likeness (QED) is 0.516. The van der Waals surface area contributed by atoms with Gasteiger partial charge in [-0.3, -0.25) is 4.79 Å². The standard InChI is InChI=1S/C25H35N3O3S/c1-17-18(2)28(19-9-6-5-7-10-19)25(26-17)32-16-24(29)27-14-8-11-22(27)21-15-20(30-3)12-13-23(21)31-4/h12-13,15,19,22H,5-11,14,16H2,1-4H3. The highest BCUT2D eigenvalue weighted by Crippen LogP contribution is 2.40. The molecule has 7 heteroatoms. The summed E-state index contributed by atoms with van der Waals surface area (Å²) in [6.07, 6.45) is 8.24. The van der Waals surface area contributed by atoms with Crippen LogP contribution in [-0.4, -0.2) is 46.9 Å². The molecule has 4 rings (SSSR count). The first-order chi connectivity index (χ1) is 15.5. The number of carbonyl (C=O) groups excluding carboxylic acids is 1. The van der Waals surface area contributed by atoms with Crippen molar-refractivity contribution in [3.63, 3.8) is 0 Å². The molecule has 1 unspecified atom stereocenters. The highest BCUT2D eigenvalue weighted by atomic mass is 32.2. The van der Waals surface area contributed by atoms with E-state index in [1.165, 1.54) is 37.8 Å². The number of carbonyl (C=O) groups is 1. The molecular formula is C25H35N3O3S. The van der Waals surface area contributed by atoms with Crippen LogP contribution in [0.3, 0.4) is 0 Å². The van der Waals surface area contributed by atoms with E-state index in [-0.39, 0.29) is 11.9 Å². The van der Waals surface area contributed by atoms with Gasteiger partial charge in [0.25, 0.3) is 0 Å². The lowest BCUT2D eigenvalue weighted by Crippen LogP contribution is -2.32. The fourth-order valence-corrected chi connectivity index (χ4v) is 6.21. The van der Waals surface area contributed by atoms with Gasteiger partial charge in [0.2, 0.25) is 5.91 Å². The molecule has 0 N–H and O–H groups in total. The predicted octanol–water partition coefficient (Wildman–Crippen LogP) is 5.48. The number of likely N-dealkylation sites (tertiary alicyclic amines) is 1. The molecule has 0 spiro atoms. The van der Waals surface area contributed by atoms with Crippen LogP contribution in [-0.2, 0) is 4.79 Å². The zero-order valence-electron chi connectivity index (χ0n) is 19.7. The van der Waals surface area contributed by atoms with E-state index >= 15 is 0 Å². The van der Waals surface area contributed by atoms with E-state index in [4.69, 9.17) is 14.5 Å². The second-order valence-electron chi connectivity index (χ2n) is 8.87. The maximum absolute atomic E-state index is 13.3. The van der Waals surface area contributed by atoms with E-state index in [9.17, 15) is 4.79 Å². The zero-order valence-corrected chi connectivity index (χ0v) is 20.5. The SMILES string of the molecule is COc1ccc(OC)c(C2CCCN2C(=O)CSc2nc(C)c(C)n2C2CCCCC2)c1. The number of rotatable bonds is 7. The molecule has 1 saturated carbocycles. The lowest BCUT2D eigenvalue weighted by Gasteiger charge is -2.27. The summed E-state index contributed by atoms with van der Waals surface area (Å²) in [5.41, 5.74) is 3.34. The first-order valence-corrected chi connectivity index (χ1v) is 12.7. The summed E-state index contributed by atoms with van der Waals surface area (Å²) in [5.74, 6) is 2.17. The molecule has 6 nitrogen and oxygen atoms in total. The number of ether oxygens (including phenoxy) is 2. The monoisotopic (exact) mass is 457 g/mol. The summed E-state index contributed by atoms with van der Waals surface area (Å²) in [5, 5.41) is 0.995. The van der Waals surface area contributed by atoms with Crippen molar-refractivity contribution in [3.05, 3.63) is 35.2 Å². The molecule has 1 saturated heterocycles. The van der Waals surface area contributed by atoms with Gasteiger partial charge in [0.15, 0.2) is 5.16 Å². The maximum Gasteiger partial charge on any atom is 0.233 e. The third kappa shape index (κ3) is 4.63. The van der Waals surface area contributed by atoms with Gasteiger partial charge in [0.1, 0.15) is 11.5 Å². The van der Waals surface area contributed by atoms with Gasteiger partial charge >= 0.3 is 0 Å². The van der Waals surface area contributed by atoms with Crippen LogP contribution in [0.25, 0.3) is 0 Å². The summed E-state index contributed by atoms with van der Waals surface area (Å²) >= 11 is 1.59. The topological polar surface area (TPSA) is 56.6 Å². The van der Waals surface area contributed by atoms with Crippen molar-refractivity contribution >= 4 is 17.7 Å². The molecule has 1 aromatic heterocycles. The van der Waals surface area contributed by atoms with Gasteiger partial charge in [0, 0.05) is 23.8 Å². The molecule has 32 heavy (non-hydrogen) atoms. The molecule has 2 fully saturated rings. The molecule has 2 aliphatic rings. The summed E-state index contributed by atoms with van der Waals surface area (Å²) in [6, 6.07) is 6.37. The van der Waals surface area contributed by atoms with Gasteiger partial charge < -0.3 is 18.9 Å². The molecule has 0 radical (unpaired) electrons. The predicted molar refractivity (Wildman–Crippen MR) is 128 cm³/mol. The van der Waals surface area contributed by atoms with Gasteiger partial charge in [-0.25, -0.2) is 4.98 Å². The Balaban J connectivity index is 1.50. The number of amides is 1. The molecular weight excluding hydrogens is 422 g/mol. The number of aryl methyl sites for hydroxylation is 1. The molecule has 1 aliphatic heterocycles. The largest absolute Gasteiger partial charge is 0.497 e. The van der Waals surface area contributed by atoms with Crippen LogP contribution in [0, 0.1) is 13.8 Å². The van der Waals surface area contributed by atoms with Crippen molar-refractivity contribution in [1.82, 2.24) is 14.5 Å². The smallest absolute Gasteiger partial charge is 0.233 e. The van der Waals surface area contributed by atoms with Crippen molar-refractivity contribution in [3.8, 4) is 11.5 Å². The minimum atomic E-state index is 0.0229. The molecule has 1 amide bonds. The van der Waals surface area contributed by atoms with Gasteiger partial charge in [-0.2, -0.15) is 0 Å². The molecule has 1 aromatic carbocycles. The third-order valence-electron chi connectivity index (χ3n) is 6.99. The third-order valence-corrected chi connectivity index (χ3v) is 7.93. The Kier molecular flexibility index (Phi) is 7.33. The van der Waals surface area contributed by atoms with Crippen LogP contribution >= 0.6 is 11.8 Å². The van der Waals surface area contributed by atoms with E-state index in [1.807, 2.05) is 23.1 Å². The number of hydrogen-bond acceptors (Lipinski definition) is 5. The van der Waals surface area contributed by atoms with Gasteiger partial charge in [-0.15, -0.1) is 0 Å². The van der Waals surface area contributed by atoms with Crippen LogP contribution in [0.1, 0.15) is 74.0 Å². The molecule has 174 valence electrons. The first kappa shape index (κ1) is 23.0. The zero-order chi connectivity index (χ0) is 22.7. The van der Waals surface area contributed by atoms with E-state index in [0.717, 1.165) is 47.3 Å². The molecule has 2 aromatic rings. The molecule has 0 bridgehead atoms. The minimum Gasteiger partial charge on any atom is -0.497 e. The number of nitrogens with zero attached hydrogens (tertiary/aromatic N) is 3. The van der Waals surface area contributed by atoms with E-state index < -0.39 is 0 Å². The number of benzene rings is 1. The van der Waals surface area contributed by atoms with E-state index in [2.05, 4.69) is 18.4 Å². The molecule has 1 atom stereocenters. The summed E-state index contributed by atoms with van der Waals surface area (Å²) in [6.45, 7) is 5.01. The van der Waals surface area contributed by atoms with Crippen LogP contribution in [0.15, 0.2) is 23.4 Å². The Morgan fingerprint density at radius 1 is 1.09 bits per heavy atom. The number of aromatic nitrogens is 2. The van der Waals surface area contributed by atoms with E-state index in [1.54, 1.807) is 26.0 Å². The minimum absolute atomic E-state index is 0.0229. The summed E-state index contributed by atoms with van der Waals surface area (Å²) in [7, 11) is 3.34. The Morgan fingerprint density at radius 2 is 1.88 bits per heavy atom. The highest BCUT2D eigenvalue weighted by Gasteiger charge is 2.32. The fraction of sp³-hybridized carbons (Fsp3) is 0.600. The van der Waals surface area contributed by atoms with Crippen molar-refractivity contribution in [1.29, 1.82) is 0 Å². The fourth-order valence-electron chi connectivity index (χ4n) is 5.16. The average molecular weight is 458 g/mol. The second-order valence-corrected chi connectivity index (χ2v) is 9.81. The summed E-state index contributed by atoms with van der Waals surface area (Å²) in [4.78, 5) is 20.2. The average Bonchev–Trinajstić information content (AvgIpc) is 3.42. The van der Waals surface area contributed by atoms with Crippen molar-refractivity contribution in [2.75, 3.05) is 26.5 Å². The number of methoxy groups -OCH3 is 2. The Hall–Kier alpha value is -2.15.